The van der Waals surface area contributed by atoms with Gasteiger partial charge in [0.2, 0.25) is 0 Å². The van der Waals surface area contributed by atoms with Crippen molar-refractivity contribution in [2.24, 2.45) is 0 Å². The van der Waals surface area contributed by atoms with Crippen molar-refractivity contribution < 1.29 is 0 Å². The van der Waals surface area contributed by atoms with E-state index in [0.717, 1.165) is 18.8 Å². The van der Waals surface area contributed by atoms with Crippen molar-refractivity contribution in [3.05, 3.63) is 29.7 Å². The van der Waals surface area contributed by atoms with Crippen LogP contribution in [-0.4, -0.2) is 19.6 Å². The molecule has 5 nitrogen and oxygen atoms in total. The van der Waals surface area contributed by atoms with Gasteiger partial charge in [0, 0.05) is 18.0 Å². The molecule has 0 radical (unpaired) electrons. The number of hydrogen-bond acceptors (Lipinski definition) is 3. The molecule has 0 bridgehead atoms. The molecule has 0 unspecified atom stereocenters. The first-order chi connectivity index (χ1) is 7.15. The predicted octanol–water partition coefficient (Wildman–Crippen LogP) is 0.979. The number of hydrogen-bond donors (Lipinski definition) is 1. The van der Waals surface area contributed by atoms with Crippen molar-refractivity contribution in [2.45, 2.75) is 26.9 Å². The number of nitrogens with zero attached hydrogens (tertiary/aromatic N) is 4. The summed E-state index contributed by atoms with van der Waals surface area (Å²) in [5, 5.41) is 8.40. The van der Waals surface area contributed by atoms with Crippen LogP contribution < -0.4 is 5.73 Å². The number of anilines is 1. The van der Waals surface area contributed by atoms with Crippen LogP contribution in [0.5, 0.6) is 0 Å². The van der Waals surface area contributed by atoms with Gasteiger partial charge in [0.05, 0.1) is 19.3 Å². The highest BCUT2D eigenvalue weighted by atomic mass is 15.3. The smallest absolute Gasteiger partial charge is 0.145 e. The van der Waals surface area contributed by atoms with E-state index in [1.54, 1.807) is 0 Å². The minimum Gasteiger partial charge on any atom is -0.382 e. The van der Waals surface area contributed by atoms with Crippen LogP contribution in [0.25, 0.3) is 0 Å². The molecule has 0 aliphatic heterocycles. The number of aryl methyl sites for hydroxylation is 4. The maximum absolute atomic E-state index is 5.60. The lowest BCUT2D eigenvalue weighted by atomic mass is 10.4. The number of nitrogen functional groups attached to an aromatic ring is 1. The molecule has 0 aliphatic carbocycles. The average molecular weight is 205 g/mol. The van der Waals surface area contributed by atoms with E-state index in [0.29, 0.717) is 5.82 Å². The second-order valence-electron chi connectivity index (χ2n) is 3.71. The molecule has 5 heteroatoms. The van der Waals surface area contributed by atoms with E-state index in [4.69, 9.17) is 5.73 Å². The molecule has 0 atom stereocenters. The van der Waals surface area contributed by atoms with Crippen LogP contribution in [0, 0.1) is 13.8 Å². The lowest BCUT2D eigenvalue weighted by molar-refractivity contribution is 0.493. The second kappa shape index (κ2) is 3.76. The van der Waals surface area contributed by atoms with Gasteiger partial charge in [-0.05, 0) is 19.4 Å². The van der Waals surface area contributed by atoms with Crippen LogP contribution in [0.1, 0.15) is 11.3 Å². The number of nitrogens with two attached hydrogens (primary N) is 1. The molecule has 0 aliphatic rings. The van der Waals surface area contributed by atoms with Crippen LogP contribution in [0.15, 0.2) is 18.5 Å². The molecule has 2 aromatic heterocycles. The highest BCUT2D eigenvalue weighted by Gasteiger charge is 2.01. The van der Waals surface area contributed by atoms with Crippen LogP contribution in [0.4, 0.5) is 5.82 Å². The van der Waals surface area contributed by atoms with Crippen LogP contribution >= 0.6 is 0 Å². The third-order valence-corrected chi connectivity index (χ3v) is 2.30. The fourth-order valence-electron chi connectivity index (χ4n) is 1.55. The Morgan fingerprint density at radius 3 is 2.67 bits per heavy atom. The first-order valence-corrected chi connectivity index (χ1v) is 4.94. The Bertz CT molecular complexity index is 454. The fraction of sp³-hybridized carbons (Fsp3) is 0.400. The van der Waals surface area contributed by atoms with E-state index in [1.165, 1.54) is 5.56 Å². The Hall–Kier alpha value is -1.78. The zero-order chi connectivity index (χ0) is 10.8. The minimum absolute atomic E-state index is 0.573. The van der Waals surface area contributed by atoms with E-state index in [2.05, 4.69) is 10.2 Å². The molecule has 0 amide bonds. The molecule has 0 saturated carbocycles. The van der Waals surface area contributed by atoms with E-state index in [-0.39, 0.29) is 0 Å². The number of aromatic nitrogens is 4. The molecule has 2 aromatic rings. The first kappa shape index (κ1) is 9.76. The minimum atomic E-state index is 0.573. The molecule has 2 N–H and O–H groups in total. The predicted molar refractivity (Wildman–Crippen MR) is 58.3 cm³/mol. The molecule has 0 aromatic carbocycles. The summed E-state index contributed by atoms with van der Waals surface area (Å²) in [4.78, 5) is 0. The summed E-state index contributed by atoms with van der Waals surface area (Å²) in [6, 6.07) is 1.87. The van der Waals surface area contributed by atoms with Gasteiger partial charge in [-0.2, -0.15) is 10.2 Å². The molecular formula is C10H15N5. The first-order valence-electron chi connectivity index (χ1n) is 4.94. The van der Waals surface area contributed by atoms with Crippen molar-refractivity contribution in [2.75, 3.05) is 5.73 Å². The number of rotatable bonds is 3. The van der Waals surface area contributed by atoms with Gasteiger partial charge in [-0.3, -0.25) is 9.36 Å². The highest BCUT2D eigenvalue weighted by molar-refractivity contribution is 5.28. The maximum atomic E-state index is 5.60. The maximum Gasteiger partial charge on any atom is 0.145 e. The summed E-state index contributed by atoms with van der Waals surface area (Å²) < 4.78 is 3.80. The third kappa shape index (κ3) is 2.18. The normalized spacial score (nSPS) is 10.8. The van der Waals surface area contributed by atoms with Gasteiger partial charge in [-0.15, -0.1) is 0 Å². The quantitative estimate of drug-likeness (QED) is 0.812. The van der Waals surface area contributed by atoms with E-state index < -0.39 is 0 Å². The molecule has 80 valence electrons. The monoisotopic (exact) mass is 205 g/mol. The second-order valence-corrected chi connectivity index (χ2v) is 3.71. The Morgan fingerprint density at radius 1 is 1.33 bits per heavy atom. The van der Waals surface area contributed by atoms with Gasteiger partial charge in [-0.25, -0.2) is 0 Å². The van der Waals surface area contributed by atoms with E-state index in [1.807, 2.05) is 41.7 Å². The molecule has 2 heterocycles. The lowest BCUT2D eigenvalue weighted by Crippen LogP contribution is -2.10. The molecule has 2 rings (SSSR count). The average Bonchev–Trinajstić information content (AvgIpc) is 2.70. The van der Waals surface area contributed by atoms with E-state index in [9.17, 15) is 0 Å². The molecule has 0 spiro atoms. The van der Waals surface area contributed by atoms with Crippen LogP contribution in [0.2, 0.25) is 0 Å². The van der Waals surface area contributed by atoms with Crippen molar-refractivity contribution in [3.8, 4) is 0 Å². The summed E-state index contributed by atoms with van der Waals surface area (Å²) in [7, 11) is 0. The summed E-state index contributed by atoms with van der Waals surface area (Å²) >= 11 is 0. The SMILES string of the molecule is Cc1cnn(CCn2nc(N)cc2C)c1. The molecule has 15 heavy (non-hydrogen) atoms. The van der Waals surface area contributed by atoms with Gasteiger partial charge in [0.15, 0.2) is 0 Å². The topological polar surface area (TPSA) is 61.7 Å². The fourth-order valence-corrected chi connectivity index (χ4v) is 1.55. The van der Waals surface area contributed by atoms with Gasteiger partial charge in [0.25, 0.3) is 0 Å². The third-order valence-electron chi connectivity index (χ3n) is 2.30. The van der Waals surface area contributed by atoms with E-state index >= 15 is 0 Å². The zero-order valence-electron chi connectivity index (χ0n) is 9.01. The van der Waals surface area contributed by atoms with Crippen LogP contribution in [-0.2, 0) is 13.1 Å². The largest absolute Gasteiger partial charge is 0.382 e. The van der Waals surface area contributed by atoms with Gasteiger partial charge >= 0.3 is 0 Å². The lowest BCUT2D eigenvalue weighted by Gasteiger charge is -2.03. The zero-order valence-corrected chi connectivity index (χ0v) is 9.01. The van der Waals surface area contributed by atoms with Gasteiger partial charge < -0.3 is 5.73 Å². The van der Waals surface area contributed by atoms with Crippen molar-refractivity contribution in [1.29, 1.82) is 0 Å². The summed E-state index contributed by atoms with van der Waals surface area (Å²) in [5.41, 5.74) is 7.85. The van der Waals surface area contributed by atoms with Crippen molar-refractivity contribution in [3.63, 3.8) is 0 Å². The Labute approximate surface area is 88.5 Å². The van der Waals surface area contributed by atoms with Gasteiger partial charge in [0.1, 0.15) is 5.82 Å². The van der Waals surface area contributed by atoms with Crippen molar-refractivity contribution in [1.82, 2.24) is 19.6 Å². The van der Waals surface area contributed by atoms with Gasteiger partial charge in [-0.1, -0.05) is 0 Å². The highest BCUT2D eigenvalue weighted by Crippen LogP contribution is 2.04. The Kier molecular flexibility index (Phi) is 2.45. The summed E-state index contributed by atoms with van der Waals surface area (Å²) in [6.07, 6.45) is 3.87. The van der Waals surface area contributed by atoms with Crippen LogP contribution in [0.3, 0.4) is 0 Å². The summed E-state index contributed by atoms with van der Waals surface area (Å²) in [5.74, 6) is 0.573. The standard InChI is InChI=1S/C10H15N5/c1-8-6-12-14(7-8)3-4-15-9(2)5-10(11)13-15/h5-7H,3-4H2,1-2H3,(H2,11,13). The molecule has 0 saturated heterocycles. The summed E-state index contributed by atoms with van der Waals surface area (Å²) in [6.45, 7) is 5.64. The van der Waals surface area contributed by atoms with Crippen molar-refractivity contribution >= 4 is 5.82 Å². The molecule has 0 fully saturated rings. The molecular weight excluding hydrogens is 190 g/mol. The Balaban J connectivity index is 2.01. The Morgan fingerprint density at radius 2 is 2.13 bits per heavy atom.